The standard InChI is InChI=1S/C19H17ClN2O/c1-13-9-10-15(20)11-18(13)22-19(23)12-21-17-8-4-6-14-5-2-3-7-16(14)17/h2-11,21H,12H2,1H3,(H,22,23). The zero-order valence-corrected chi connectivity index (χ0v) is 13.5. The summed E-state index contributed by atoms with van der Waals surface area (Å²) >= 11 is 5.97. The Morgan fingerprint density at radius 2 is 1.78 bits per heavy atom. The average molecular weight is 325 g/mol. The van der Waals surface area contributed by atoms with Crippen LogP contribution in [0.25, 0.3) is 10.8 Å². The van der Waals surface area contributed by atoms with Gasteiger partial charge in [0.2, 0.25) is 5.91 Å². The summed E-state index contributed by atoms with van der Waals surface area (Å²) in [6.45, 7) is 2.13. The summed E-state index contributed by atoms with van der Waals surface area (Å²) in [6.07, 6.45) is 0. The first-order valence-corrected chi connectivity index (χ1v) is 7.79. The van der Waals surface area contributed by atoms with Crippen LogP contribution in [-0.2, 0) is 4.79 Å². The third-order valence-corrected chi connectivity index (χ3v) is 3.94. The van der Waals surface area contributed by atoms with Gasteiger partial charge >= 0.3 is 0 Å². The molecule has 0 radical (unpaired) electrons. The third kappa shape index (κ3) is 3.63. The van der Waals surface area contributed by atoms with E-state index in [1.165, 1.54) is 0 Å². The lowest BCUT2D eigenvalue weighted by atomic mass is 10.1. The minimum absolute atomic E-state index is 0.108. The van der Waals surface area contributed by atoms with Crippen molar-refractivity contribution in [2.24, 2.45) is 0 Å². The molecule has 3 aromatic rings. The third-order valence-electron chi connectivity index (χ3n) is 3.70. The predicted octanol–water partition coefficient (Wildman–Crippen LogP) is 4.85. The molecule has 0 heterocycles. The zero-order valence-electron chi connectivity index (χ0n) is 12.8. The van der Waals surface area contributed by atoms with Gasteiger partial charge in [-0.05, 0) is 36.1 Å². The number of halogens is 1. The minimum Gasteiger partial charge on any atom is -0.376 e. The van der Waals surface area contributed by atoms with E-state index in [1.807, 2.05) is 43.3 Å². The van der Waals surface area contributed by atoms with Gasteiger partial charge in [0.15, 0.2) is 0 Å². The topological polar surface area (TPSA) is 41.1 Å². The number of hydrogen-bond donors (Lipinski definition) is 2. The van der Waals surface area contributed by atoms with Gasteiger partial charge in [-0.1, -0.05) is 54.1 Å². The molecule has 0 saturated carbocycles. The van der Waals surface area contributed by atoms with E-state index in [0.717, 1.165) is 27.7 Å². The Bertz CT molecular complexity index is 856. The number of nitrogens with one attached hydrogen (secondary N) is 2. The molecule has 0 atom stereocenters. The Kier molecular flexibility index (Phi) is 4.49. The van der Waals surface area contributed by atoms with Crippen molar-refractivity contribution in [1.29, 1.82) is 0 Å². The number of benzene rings is 3. The van der Waals surface area contributed by atoms with Crippen molar-refractivity contribution in [2.45, 2.75) is 6.92 Å². The number of fused-ring (bicyclic) bond motifs is 1. The summed E-state index contributed by atoms with van der Waals surface area (Å²) in [7, 11) is 0. The second kappa shape index (κ2) is 6.71. The van der Waals surface area contributed by atoms with Crippen molar-refractivity contribution < 1.29 is 4.79 Å². The molecule has 23 heavy (non-hydrogen) atoms. The molecule has 0 spiro atoms. The van der Waals surface area contributed by atoms with Crippen molar-refractivity contribution in [2.75, 3.05) is 17.2 Å². The molecule has 0 aliphatic carbocycles. The highest BCUT2D eigenvalue weighted by Gasteiger charge is 2.06. The van der Waals surface area contributed by atoms with Gasteiger partial charge in [0, 0.05) is 21.8 Å². The fourth-order valence-electron chi connectivity index (χ4n) is 2.48. The smallest absolute Gasteiger partial charge is 0.243 e. The van der Waals surface area contributed by atoms with Crippen molar-refractivity contribution in [3.8, 4) is 0 Å². The lowest BCUT2D eigenvalue weighted by Crippen LogP contribution is -2.22. The predicted molar refractivity (Wildman–Crippen MR) is 97.3 cm³/mol. The normalized spacial score (nSPS) is 10.5. The Hall–Kier alpha value is -2.52. The molecule has 0 aromatic heterocycles. The molecule has 4 heteroatoms. The number of amides is 1. The van der Waals surface area contributed by atoms with Crippen LogP contribution in [0.15, 0.2) is 60.7 Å². The number of rotatable bonds is 4. The molecule has 0 bridgehead atoms. The SMILES string of the molecule is Cc1ccc(Cl)cc1NC(=O)CNc1cccc2ccccc12. The van der Waals surface area contributed by atoms with E-state index >= 15 is 0 Å². The fourth-order valence-corrected chi connectivity index (χ4v) is 2.65. The molecule has 3 nitrogen and oxygen atoms in total. The first-order chi connectivity index (χ1) is 11.1. The largest absolute Gasteiger partial charge is 0.376 e. The molecule has 3 rings (SSSR count). The molecule has 116 valence electrons. The van der Waals surface area contributed by atoms with Gasteiger partial charge in [0.1, 0.15) is 0 Å². The van der Waals surface area contributed by atoms with Gasteiger partial charge in [0.25, 0.3) is 0 Å². The summed E-state index contributed by atoms with van der Waals surface area (Å²) < 4.78 is 0. The number of carbonyl (C=O) groups excluding carboxylic acids is 1. The number of carbonyl (C=O) groups is 1. The highest BCUT2D eigenvalue weighted by atomic mass is 35.5. The second-order valence-electron chi connectivity index (χ2n) is 5.39. The first kappa shape index (κ1) is 15.4. The maximum absolute atomic E-state index is 12.2. The maximum Gasteiger partial charge on any atom is 0.243 e. The molecule has 0 aliphatic rings. The summed E-state index contributed by atoms with van der Waals surface area (Å²) in [5.74, 6) is -0.108. The van der Waals surface area contributed by atoms with Gasteiger partial charge < -0.3 is 10.6 Å². The van der Waals surface area contributed by atoms with E-state index in [9.17, 15) is 4.79 Å². The minimum atomic E-state index is -0.108. The maximum atomic E-state index is 12.2. The van der Waals surface area contributed by atoms with Crippen LogP contribution >= 0.6 is 11.6 Å². The Balaban J connectivity index is 1.70. The molecular weight excluding hydrogens is 308 g/mol. The van der Waals surface area contributed by atoms with Crippen LogP contribution in [0.2, 0.25) is 5.02 Å². The lowest BCUT2D eigenvalue weighted by molar-refractivity contribution is -0.114. The quantitative estimate of drug-likeness (QED) is 0.720. The van der Waals surface area contributed by atoms with E-state index in [2.05, 4.69) is 22.8 Å². The molecule has 1 amide bonds. The summed E-state index contributed by atoms with van der Waals surface area (Å²) in [4.78, 5) is 12.2. The van der Waals surface area contributed by atoms with Crippen LogP contribution in [0.3, 0.4) is 0 Å². The zero-order chi connectivity index (χ0) is 16.2. The van der Waals surface area contributed by atoms with Gasteiger partial charge in [-0.15, -0.1) is 0 Å². The van der Waals surface area contributed by atoms with Crippen LogP contribution in [0.4, 0.5) is 11.4 Å². The van der Waals surface area contributed by atoms with Gasteiger partial charge in [-0.3, -0.25) is 4.79 Å². The van der Waals surface area contributed by atoms with Crippen molar-refractivity contribution >= 4 is 39.7 Å². The molecule has 0 saturated heterocycles. The first-order valence-electron chi connectivity index (χ1n) is 7.41. The van der Waals surface area contributed by atoms with Crippen LogP contribution in [0, 0.1) is 6.92 Å². The number of anilines is 2. The van der Waals surface area contributed by atoms with E-state index in [0.29, 0.717) is 5.02 Å². The van der Waals surface area contributed by atoms with Crippen molar-refractivity contribution in [3.05, 3.63) is 71.2 Å². The van der Waals surface area contributed by atoms with E-state index < -0.39 is 0 Å². The molecular formula is C19H17ClN2O. The molecule has 0 aliphatic heterocycles. The second-order valence-corrected chi connectivity index (χ2v) is 5.82. The summed E-state index contributed by atoms with van der Waals surface area (Å²) in [5.41, 5.74) is 2.66. The molecule has 0 fully saturated rings. The Labute approximate surface area is 140 Å². The van der Waals surface area contributed by atoms with Crippen molar-refractivity contribution in [3.63, 3.8) is 0 Å². The molecule has 0 unspecified atom stereocenters. The highest BCUT2D eigenvalue weighted by molar-refractivity contribution is 6.31. The average Bonchev–Trinajstić information content (AvgIpc) is 2.56. The summed E-state index contributed by atoms with van der Waals surface area (Å²) in [5, 5.41) is 8.93. The number of aryl methyl sites for hydroxylation is 1. The van der Waals surface area contributed by atoms with Crippen molar-refractivity contribution in [1.82, 2.24) is 0 Å². The van der Waals surface area contributed by atoms with Crippen LogP contribution in [-0.4, -0.2) is 12.5 Å². The van der Waals surface area contributed by atoms with Crippen LogP contribution < -0.4 is 10.6 Å². The van der Waals surface area contributed by atoms with Crippen LogP contribution in [0.1, 0.15) is 5.56 Å². The monoisotopic (exact) mass is 324 g/mol. The van der Waals surface area contributed by atoms with E-state index in [4.69, 9.17) is 11.6 Å². The van der Waals surface area contributed by atoms with Crippen LogP contribution in [0.5, 0.6) is 0 Å². The number of hydrogen-bond acceptors (Lipinski definition) is 2. The van der Waals surface area contributed by atoms with Gasteiger partial charge in [-0.2, -0.15) is 0 Å². The fraction of sp³-hybridized carbons (Fsp3) is 0.105. The molecule has 2 N–H and O–H groups in total. The highest BCUT2D eigenvalue weighted by Crippen LogP contribution is 2.23. The van der Waals surface area contributed by atoms with E-state index in [1.54, 1.807) is 12.1 Å². The Morgan fingerprint density at radius 3 is 2.65 bits per heavy atom. The van der Waals surface area contributed by atoms with E-state index in [-0.39, 0.29) is 12.5 Å². The summed E-state index contributed by atoms with van der Waals surface area (Å²) in [6, 6.07) is 19.5. The van der Waals surface area contributed by atoms with Gasteiger partial charge in [0.05, 0.1) is 6.54 Å². The lowest BCUT2D eigenvalue weighted by Gasteiger charge is -2.12. The molecule has 3 aromatic carbocycles. The Morgan fingerprint density at radius 1 is 1.00 bits per heavy atom. The van der Waals surface area contributed by atoms with Gasteiger partial charge in [-0.25, -0.2) is 0 Å².